The summed E-state index contributed by atoms with van der Waals surface area (Å²) >= 11 is 0. The van der Waals surface area contributed by atoms with E-state index in [4.69, 9.17) is 0 Å². The molecular formula is C10H20O2. The molecule has 2 atom stereocenters. The fourth-order valence-corrected chi connectivity index (χ4v) is 1.19. The molecule has 0 radical (unpaired) electrons. The number of hydrogen-bond acceptors (Lipinski definition) is 2. The van der Waals surface area contributed by atoms with Gasteiger partial charge >= 0.3 is 5.97 Å². The van der Waals surface area contributed by atoms with Crippen LogP contribution in [0.25, 0.3) is 0 Å². The van der Waals surface area contributed by atoms with Gasteiger partial charge in [-0.1, -0.05) is 33.6 Å². The van der Waals surface area contributed by atoms with E-state index in [-0.39, 0.29) is 11.9 Å². The van der Waals surface area contributed by atoms with E-state index in [1.807, 2.05) is 6.92 Å². The third-order valence-corrected chi connectivity index (χ3v) is 2.44. The first-order valence-corrected chi connectivity index (χ1v) is 4.71. The Morgan fingerprint density at radius 2 is 2.00 bits per heavy atom. The highest BCUT2D eigenvalue weighted by Gasteiger charge is 2.19. The molecule has 0 rings (SSSR count). The van der Waals surface area contributed by atoms with Gasteiger partial charge in [0.15, 0.2) is 0 Å². The molecule has 0 aliphatic carbocycles. The maximum atomic E-state index is 11.1. The van der Waals surface area contributed by atoms with Crippen molar-refractivity contribution in [2.24, 2.45) is 11.8 Å². The van der Waals surface area contributed by atoms with Gasteiger partial charge in [-0.25, -0.2) is 0 Å². The summed E-state index contributed by atoms with van der Waals surface area (Å²) in [5, 5.41) is 0. The van der Waals surface area contributed by atoms with Crippen LogP contribution >= 0.6 is 0 Å². The van der Waals surface area contributed by atoms with Gasteiger partial charge in [-0.05, 0) is 12.3 Å². The van der Waals surface area contributed by atoms with Gasteiger partial charge in [-0.15, -0.1) is 0 Å². The molecule has 0 N–H and O–H groups in total. The first kappa shape index (κ1) is 11.5. The fraction of sp³-hybridized carbons (Fsp3) is 0.900. The summed E-state index contributed by atoms with van der Waals surface area (Å²) in [5.74, 6) is 0.401. The van der Waals surface area contributed by atoms with Crippen LogP contribution in [0.5, 0.6) is 0 Å². The van der Waals surface area contributed by atoms with Gasteiger partial charge in [0, 0.05) is 0 Å². The van der Waals surface area contributed by atoms with E-state index < -0.39 is 0 Å². The van der Waals surface area contributed by atoms with E-state index in [9.17, 15) is 4.79 Å². The first-order valence-electron chi connectivity index (χ1n) is 4.71. The summed E-state index contributed by atoms with van der Waals surface area (Å²) in [5.41, 5.74) is 0. The van der Waals surface area contributed by atoms with Gasteiger partial charge in [0.1, 0.15) is 0 Å². The van der Waals surface area contributed by atoms with E-state index in [0.717, 1.165) is 6.42 Å². The molecule has 0 heterocycles. The van der Waals surface area contributed by atoms with Crippen LogP contribution in [-0.2, 0) is 9.53 Å². The van der Waals surface area contributed by atoms with E-state index in [1.54, 1.807) is 0 Å². The largest absolute Gasteiger partial charge is 0.469 e. The average molecular weight is 172 g/mol. The third kappa shape index (κ3) is 3.74. The maximum absolute atomic E-state index is 11.1. The highest BCUT2D eigenvalue weighted by atomic mass is 16.5. The lowest BCUT2D eigenvalue weighted by molar-refractivity contribution is -0.146. The molecule has 72 valence electrons. The second kappa shape index (κ2) is 6.04. The van der Waals surface area contributed by atoms with Crippen molar-refractivity contribution in [3.63, 3.8) is 0 Å². The minimum Gasteiger partial charge on any atom is -0.469 e. The second-order valence-corrected chi connectivity index (χ2v) is 3.43. The molecule has 0 amide bonds. The molecule has 0 saturated heterocycles. The molecule has 0 fully saturated rings. The zero-order valence-corrected chi connectivity index (χ0v) is 8.59. The van der Waals surface area contributed by atoms with Crippen molar-refractivity contribution in [2.45, 2.75) is 40.0 Å². The lowest BCUT2D eigenvalue weighted by Crippen LogP contribution is -2.20. The van der Waals surface area contributed by atoms with Crippen LogP contribution in [-0.4, -0.2) is 13.1 Å². The van der Waals surface area contributed by atoms with Crippen molar-refractivity contribution in [1.29, 1.82) is 0 Å². The Morgan fingerprint density at radius 3 is 2.42 bits per heavy atom. The number of rotatable bonds is 5. The van der Waals surface area contributed by atoms with Crippen LogP contribution in [0.1, 0.15) is 40.0 Å². The Balaban J connectivity index is 3.75. The summed E-state index contributed by atoms with van der Waals surface area (Å²) < 4.78 is 4.67. The van der Waals surface area contributed by atoms with Crippen molar-refractivity contribution >= 4 is 5.97 Å². The molecule has 0 aliphatic heterocycles. The van der Waals surface area contributed by atoms with Crippen LogP contribution in [0.3, 0.4) is 0 Å². The molecule has 0 saturated carbocycles. The molecule has 2 nitrogen and oxygen atoms in total. The smallest absolute Gasteiger partial charge is 0.308 e. The Hall–Kier alpha value is -0.530. The van der Waals surface area contributed by atoms with Crippen molar-refractivity contribution in [3.05, 3.63) is 0 Å². The van der Waals surface area contributed by atoms with Crippen LogP contribution in [0.15, 0.2) is 0 Å². The molecule has 0 aliphatic rings. The van der Waals surface area contributed by atoms with E-state index in [1.165, 1.54) is 20.0 Å². The molecule has 0 aromatic carbocycles. The zero-order valence-electron chi connectivity index (χ0n) is 8.59. The Bertz CT molecular complexity index is 132. The topological polar surface area (TPSA) is 26.3 Å². The average Bonchev–Trinajstić information content (AvgIpc) is 2.11. The van der Waals surface area contributed by atoms with Crippen molar-refractivity contribution in [1.82, 2.24) is 0 Å². The number of methoxy groups -OCH3 is 1. The van der Waals surface area contributed by atoms with E-state index in [0.29, 0.717) is 5.92 Å². The summed E-state index contributed by atoms with van der Waals surface area (Å²) in [7, 11) is 1.45. The van der Waals surface area contributed by atoms with E-state index >= 15 is 0 Å². The summed E-state index contributed by atoms with van der Waals surface area (Å²) in [4.78, 5) is 11.1. The molecule has 2 heteroatoms. The standard InChI is InChI=1S/C10H20O2/c1-5-6-7-8(2)9(3)10(11)12-4/h8-9H,5-7H2,1-4H3/t8-,9-/m0/s1. The molecule has 0 aromatic rings. The van der Waals surface area contributed by atoms with Gasteiger partial charge in [-0.3, -0.25) is 4.79 Å². The molecule has 0 aromatic heterocycles. The summed E-state index contributed by atoms with van der Waals surface area (Å²) in [6.07, 6.45) is 3.51. The molecule has 0 unspecified atom stereocenters. The van der Waals surface area contributed by atoms with Crippen molar-refractivity contribution < 1.29 is 9.53 Å². The van der Waals surface area contributed by atoms with E-state index in [2.05, 4.69) is 18.6 Å². The van der Waals surface area contributed by atoms with Crippen LogP contribution in [0, 0.1) is 11.8 Å². The number of carbonyl (C=O) groups is 1. The first-order chi connectivity index (χ1) is 5.63. The fourth-order valence-electron chi connectivity index (χ4n) is 1.19. The molecule has 0 spiro atoms. The van der Waals surface area contributed by atoms with Gasteiger partial charge in [0.2, 0.25) is 0 Å². The van der Waals surface area contributed by atoms with Crippen LogP contribution < -0.4 is 0 Å². The molecular weight excluding hydrogens is 152 g/mol. The second-order valence-electron chi connectivity index (χ2n) is 3.43. The van der Waals surface area contributed by atoms with Crippen molar-refractivity contribution in [3.8, 4) is 0 Å². The summed E-state index contributed by atoms with van der Waals surface area (Å²) in [6, 6.07) is 0. The molecule has 0 bridgehead atoms. The normalized spacial score (nSPS) is 15.3. The van der Waals surface area contributed by atoms with Crippen LogP contribution in [0.4, 0.5) is 0 Å². The Labute approximate surface area is 75.3 Å². The Kier molecular flexibility index (Phi) is 5.77. The quantitative estimate of drug-likeness (QED) is 0.596. The third-order valence-electron chi connectivity index (χ3n) is 2.44. The lowest BCUT2D eigenvalue weighted by atomic mass is 9.91. The highest BCUT2D eigenvalue weighted by molar-refractivity contribution is 5.72. The van der Waals surface area contributed by atoms with Crippen molar-refractivity contribution in [2.75, 3.05) is 7.11 Å². The van der Waals surface area contributed by atoms with Gasteiger partial charge < -0.3 is 4.74 Å². The number of carbonyl (C=O) groups excluding carboxylic acids is 1. The number of unbranched alkanes of at least 4 members (excludes halogenated alkanes) is 1. The van der Waals surface area contributed by atoms with Gasteiger partial charge in [0.25, 0.3) is 0 Å². The predicted molar refractivity (Wildman–Crippen MR) is 49.9 cm³/mol. The maximum Gasteiger partial charge on any atom is 0.308 e. The number of hydrogen-bond donors (Lipinski definition) is 0. The lowest BCUT2D eigenvalue weighted by Gasteiger charge is -2.16. The highest BCUT2D eigenvalue weighted by Crippen LogP contribution is 2.18. The van der Waals surface area contributed by atoms with Crippen LogP contribution in [0.2, 0.25) is 0 Å². The minimum absolute atomic E-state index is 0.0431. The monoisotopic (exact) mass is 172 g/mol. The van der Waals surface area contributed by atoms with Gasteiger partial charge in [0.05, 0.1) is 13.0 Å². The predicted octanol–water partition coefficient (Wildman–Crippen LogP) is 2.62. The summed E-state index contributed by atoms with van der Waals surface area (Å²) in [6.45, 7) is 6.21. The van der Waals surface area contributed by atoms with Gasteiger partial charge in [-0.2, -0.15) is 0 Å². The number of ether oxygens (including phenoxy) is 1. The molecule has 12 heavy (non-hydrogen) atoms. The minimum atomic E-state index is -0.0846. The zero-order chi connectivity index (χ0) is 9.56. The Morgan fingerprint density at radius 1 is 1.42 bits per heavy atom. The SMILES string of the molecule is CCCC[C@H](C)[C@H](C)C(=O)OC. The number of esters is 1.